The summed E-state index contributed by atoms with van der Waals surface area (Å²) < 4.78 is 27.5. The molecule has 1 fully saturated rings. The van der Waals surface area contributed by atoms with Crippen LogP contribution in [0, 0.1) is 5.92 Å². The van der Waals surface area contributed by atoms with Gasteiger partial charge in [0, 0.05) is 30.4 Å². The van der Waals surface area contributed by atoms with Crippen LogP contribution in [0.5, 0.6) is 0 Å². The molecule has 0 spiro atoms. The Labute approximate surface area is 173 Å². The van der Waals surface area contributed by atoms with Crippen LogP contribution in [0.2, 0.25) is 0 Å². The zero-order valence-electron chi connectivity index (χ0n) is 17.0. The van der Waals surface area contributed by atoms with Crippen molar-refractivity contribution in [3.63, 3.8) is 0 Å². The first-order valence-corrected chi connectivity index (χ1v) is 11.5. The van der Waals surface area contributed by atoms with Crippen LogP contribution in [0.3, 0.4) is 0 Å². The summed E-state index contributed by atoms with van der Waals surface area (Å²) in [6.45, 7) is 7.23. The van der Waals surface area contributed by atoms with E-state index in [1.54, 1.807) is 36.4 Å². The van der Waals surface area contributed by atoms with E-state index < -0.39 is 10.0 Å². The monoisotopic (exact) mass is 415 g/mol. The van der Waals surface area contributed by atoms with Crippen molar-refractivity contribution in [2.75, 3.05) is 24.4 Å². The second kappa shape index (κ2) is 9.41. The third kappa shape index (κ3) is 6.05. The Morgan fingerprint density at radius 2 is 1.83 bits per heavy atom. The minimum absolute atomic E-state index is 0.0240. The molecule has 29 heavy (non-hydrogen) atoms. The second-order valence-corrected chi connectivity index (χ2v) is 9.56. The standard InChI is InChI=1S/C22H29N3O3S/c1-17-7-6-14-25(15-17)16-18(2)23-22(26)19-10-12-21(13-11-19)29(27,28)24-20-8-4-3-5-9-20/h3-5,8-13,17-18,24H,6-7,14-16H2,1-2H3,(H,23,26). The van der Waals surface area contributed by atoms with Crippen molar-refractivity contribution in [3.05, 3.63) is 60.2 Å². The summed E-state index contributed by atoms with van der Waals surface area (Å²) in [6.07, 6.45) is 2.47. The lowest BCUT2D eigenvalue weighted by Crippen LogP contribution is -2.45. The summed E-state index contributed by atoms with van der Waals surface area (Å²) in [6, 6.07) is 14.7. The molecule has 6 nitrogen and oxygen atoms in total. The Hall–Kier alpha value is -2.38. The molecule has 1 heterocycles. The number of piperidine rings is 1. The normalized spacial score (nSPS) is 18.8. The lowest BCUT2D eigenvalue weighted by molar-refractivity contribution is 0.0920. The molecule has 0 bridgehead atoms. The highest BCUT2D eigenvalue weighted by atomic mass is 32.2. The minimum atomic E-state index is -3.69. The smallest absolute Gasteiger partial charge is 0.261 e. The van der Waals surface area contributed by atoms with Crippen LogP contribution < -0.4 is 10.0 Å². The van der Waals surface area contributed by atoms with Crippen LogP contribution in [-0.4, -0.2) is 44.9 Å². The van der Waals surface area contributed by atoms with Gasteiger partial charge in [0.2, 0.25) is 0 Å². The van der Waals surface area contributed by atoms with Crippen LogP contribution in [0.25, 0.3) is 0 Å². The van der Waals surface area contributed by atoms with Gasteiger partial charge < -0.3 is 10.2 Å². The maximum atomic E-state index is 12.5. The number of rotatable bonds is 7. The van der Waals surface area contributed by atoms with Gasteiger partial charge in [0.1, 0.15) is 0 Å². The van der Waals surface area contributed by atoms with Crippen molar-refractivity contribution >= 4 is 21.6 Å². The van der Waals surface area contributed by atoms with Gasteiger partial charge in [-0.15, -0.1) is 0 Å². The number of carbonyl (C=O) groups excluding carboxylic acids is 1. The van der Waals surface area contributed by atoms with E-state index in [0.29, 0.717) is 17.2 Å². The van der Waals surface area contributed by atoms with Crippen molar-refractivity contribution in [1.82, 2.24) is 10.2 Å². The van der Waals surface area contributed by atoms with Crippen molar-refractivity contribution in [3.8, 4) is 0 Å². The third-order valence-corrected chi connectivity index (χ3v) is 6.50. The first-order chi connectivity index (χ1) is 13.8. The first kappa shape index (κ1) is 21.3. The number of carbonyl (C=O) groups is 1. The highest BCUT2D eigenvalue weighted by Gasteiger charge is 2.20. The van der Waals surface area contributed by atoms with E-state index in [9.17, 15) is 13.2 Å². The molecule has 156 valence electrons. The summed E-state index contributed by atoms with van der Waals surface area (Å²) in [5.41, 5.74) is 0.942. The Balaban J connectivity index is 1.58. The predicted molar refractivity (Wildman–Crippen MR) is 115 cm³/mol. The number of nitrogens with zero attached hydrogens (tertiary/aromatic N) is 1. The fourth-order valence-electron chi connectivity index (χ4n) is 3.70. The van der Waals surface area contributed by atoms with E-state index in [-0.39, 0.29) is 16.8 Å². The van der Waals surface area contributed by atoms with Crippen molar-refractivity contribution in [1.29, 1.82) is 0 Å². The Bertz CT molecular complexity index is 914. The number of sulfonamides is 1. The molecule has 0 aliphatic carbocycles. The summed E-state index contributed by atoms with van der Waals surface area (Å²) in [5, 5.41) is 3.01. The molecule has 1 amide bonds. The fourth-order valence-corrected chi connectivity index (χ4v) is 4.76. The van der Waals surface area contributed by atoms with Crippen molar-refractivity contribution in [2.45, 2.75) is 37.6 Å². The van der Waals surface area contributed by atoms with E-state index in [1.807, 2.05) is 13.0 Å². The summed E-state index contributed by atoms with van der Waals surface area (Å²) in [5.74, 6) is 0.508. The number of nitrogens with one attached hydrogen (secondary N) is 2. The molecule has 2 aromatic rings. The third-order valence-electron chi connectivity index (χ3n) is 5.10. The van der Waals surface area contributed by atoms with Gasteiger partial charge in [0.05, 0.1) is 4.90 Å². The highest BCUT2D eigenvalue weighted by Crippen LogP contribution is 2.17. The van der Waals surface area contributed by atoms with Gasteiger partial charge >= 0.3 is 0 Å². The van der Waals surface area contributed by atoms with E-state index in [1.165, 1.54) is 25.0 Å². The van der Waals surface area contributed by atoms with Crippen LogP contribution in [0.4, 0.5) is 5.69 Å². The second-order valence-electron chi connectivity index (χ2n) is 7.88. The molecular weight excluding hydrogens is 386 g/mol. The average molecular weight is 416 g/mol. The molecule has 1 saturated heterocycles. The van der Waals surface area contributed by atoms with Gasteiger partial charge in [-0.2, -0.15) is 0 Å². The van der Waals surface area contributed by atoms with E-state index in [4.69, 9.17) is 0 Å². The van der Waals surface area contributed by atoms with E-state index >= 15 is 0 Å². The minimum Gasteiger partial charge on any atom is -0.348 e. The summed E-state index contributed by atoms with van der Waals surface area (Å²) in [4.78, 5) is 15.0. The molecule has 2 atom stereocenters. The highest BCUT2D eigenvalue weighted by molar-refractivity contribution is 7.92. The van der Waals surface area contributed by atoms with Gasteiger partial charge in [-0.3, -0.25) is 9.52 Å². The average Bonchev–Trinajstić information content (AvgIpc) is 2.68. The quantitative estimate of drug-likeness (QED) is 0.727. The first-order valence-electron chi connectivity index (χ1n) is 10.0. The van der Waals surface area contributed by atoms with Crippen LogP contribution >= 0.6 is 0 Å². The fraction of sp³-hybridized carbons (Fsp3) is 0.409. The maximum absolute atomic E-state index is 12.5. The van der Waals surface area contributed by atoms with Crippen LogP contribution in [0.1, 0.15) is 37.0 Å². The Morgan fingerprint density at radius 3 is 2.48 bits per heavy atom. The topological polar surface area (TPSA) is 78.5 Å². The Morgan fingerprint density at radius 1 is 1.14 bits per heavy atom. The summed E-state index contributed by atoms with van der Waals surface area (Å²) in [7, 11) is -3.69. The molecule has 2 unspecified atom stereocenters. The maximum Gasteiger partial charge on any atom is 0.261 e. The van der Waals surface area contributed by atoms with E-state index in [0.717, 1.165) is 19.6 Å². The number of anilines is 1. The number of hydrogen-bond donors (Lipinski definition) is 2. The van der Waals surface area contributed by atoms with Crippen molar-refractivity contribution < 1.29 is 13.2 Å². The Kier molecular flexibility index (Phi) is 6.92. The number of likely N-dealkylation sites (tertiary alicyclic amines) is 1. The van der Waals surface area contributed by atoms with Gasteiger partial charge in [-0.25, -0.2) is 8.42 Å². The molecule has 7 heteroatoms. The zero-order chi connectivity index (χ0) is 20.9. The lowest BCUT2D eigenvalue weighted by atomic mass is 10.00. The molecule has 1 aliphatic rings. The van der Waals surface area contributed by atoms with Gasteiger partial charge in [0.25, 0.3) is 15.9 Å². The zero-order valence-corrected chi connectivity index (χ0v) is 17.8. The van der Waals surface area contributed by atoms with Gasteiger partial charge in [-0.1, -0.05) is 25.1 Å². The number of amides is 1. The molecule has 2 aromatic carbocycles. The molecule has 3 rings (SSSR count). The number of benzene rings is 2. The molecule has 2 N–H and O–H groups in total. The van der Waals surface area contributed by atoms with Crippen molar-refractivity contribution in [2.24, 2.45) is 5.92 Å². The predicted octanol–water partition coefficient (Wildman–Crippen LogP) is 3.34. The lowest BCUT2D eigenvalue weighted by Gasteiger charge is -2.32. The van der Waals surface area contributed by atoms with Crippen LogP contribution in [0.15, 0.2) is 59.5 Å². The summed E-state index contributed by atoms with van der Waals surface area (Å²) >= 11 is 0. The SMILES string of the molecule is CC1CCCN(CC(C)NC(=O)c2ccc(S(=O)(=O)Nc3ccccc3)cc2)C1. The molecule has 1 aliphatic heterocycles. The molecule has 0 aromatic heterocycles. The number of para-hydroxylation sites is 1. The van der Waals surface area contributed by atoms with Gasteiger partial charge in [0.15, 0.2) is 0 Å². The molecule has 0 radical (unpaired) electrons. The molecular formula is C22H29N3O3S. The molecule has 0 saturated carbocycles. The van der Waals surface area contributed by atoms with E-state index in [2.05, 4.69) is 21.9 Å². The van der Waals surface area contributed by atoms with Crippen LogP contribution in [-0.2, 0) is 10.0 Å². The van der Waals surface area contributed by atoms with Gasteiger partial charge in [-0.05, 0) is 68.6 Å². The largest absolute Gasteiger partial charge is 0.348 e. The number of hydrogen-bond acceptors (Lipinski definition) is 4.